The molecule has 2 aromatic heterocycles. The highest BCUT2D eigenvalue weighted by molar-refractivity contribution is 6.11. The fourth-order valence-corrected chi connectivity index (χ4v) is 7.86. The summed E-state index contributed by atoms with van der Waals surface area (Å²) in [6.07, 6.45) is 0. The summed E-state index contributed by atoms with van der Waals surface area (Å²) in [5.74, 6) is 0.126. The van der Waals surface area contributed by atoms with Crippen LogP contribution >= 0.6 is 0 Å². The quantitative estimate of drug-likeness (QED) is 0.162. The fraction of sp³-hybridized carbons (Fsp3) is 0.0377. The molecule has 0 aliphatic carbocycles. The van der Waals surface area contributed by atoms with Gasteiger partial charge in [-0.2, -0.15) is 0 Å². The zero-order valence-corrected chi connectivity index (χ0v) is 32.4. The van der Waals surface area contributed by atoms with Crippen LogP contribution in [0.5, 0.6) is 0 Å². The van der Waals surface area contributed by atoms with Crippen molar-refractivity contribution >= 4 is 21.8 Å². The Morgan fingerprint density at radius 2 is 0.847 bits per heavy atom. The topological polar surface area (TPSA) is 43.6 Å². The molecule has 10 rings (SSSR count). The summed E-state index contributed by atoms with van der Waals surface area (Å²) in [6.45, 7) is 4.18. The molecule has 282 valence electrons. The highest BCUT2D eigenvalue weighted by Crippen LogP contribution is 2.41. The number of aryl methyl sites for hydroxylation is 2. The minimum Gasteiger partial charge on any atom is -0.308 e. The summed E-state index contributed by atoms with van der Waals surface area (Å²) < 4.78 is 32.1. The van der Waals surface area contributed by atoms with Gasteiger partial charge < -0.3 is 4.57 Å². The second-order valence-electron chi connectivity index (χ2n) is 14.9. The third-order valence-corrected chi connectivity index (χ3v) is 11.0. The van der Waals surface area contributed by atoms with Crippen LogP contribution in [0.15, 0.2) is 182 Å². The first kappa shape index (κ1) is 35.8. The Kier molecular flexibility index (Phi) is 8.95. The van der Waals surface area contributed by atoms with Crippen molar-refractivity contribution in [3.8, 4) is 73.2 Å². The van der Waals surface area contributed by atoms with Crippen LogP contribution in [0.1, 0.15) is 11.1 Å². The second kappa shape index (κ2) is 14.7. The van der Waals surface area contributed by atoms with E-state index in [4.69, 9.17) is 15.0 Å². The average molecular weight is 767 g/mol. The summed E-state index contributed by atoms with van der Waals surface area (Å²) in [5, 5.41) is 2.16. The zero-order valence-electron chi connectivity index (χ0n) is 32.4. The van der Waals surface area contributed by atoms with Gasteiger partial charge in [0.15, 0.2) is 17.5 Å². The number of benzene rings is 8. The molecule has 10 aromatic rings. The predicted octanol–water partition coefficient (Wildman–Crippen LogP) is 13.9. The Bertz CT molecular complexity index is 3010. The maximum absolute atomic E-state index is 15.6. The Labute approximate surface area is 340 Å². The second-order valence-corrected chi connectivity index (χ2v) is 14.9. The molecule has 0 amide bonds. The summed E-state index contributed by atoms with van der Waals surface area (Å²) in [5.41, 5.74) is 12.7. The van der Waals surface area contributed by atoms with E-state index in [-0.39, 0.29) is 5.56 Å². The van der Waals surface area contributed by atoms with Crippen molar-refractivity contribution in [2.75, 3.05) is 0 Å². The van der Waals surface area contributed by atoms with Crippen molar-refractivity contribution in [2.45, 2.75) is 13.8 Å². The number of nitrogens with zero attached hydrogens (tertiary/aromatic N) is 4. The van der Waals surface area contributed by atoms with Gasteiger partial charge in [-0.3, -0.25) is 0 Å². The minimum atomic E-state index is -0.656. The van der Waals surface area contributed by atoms with E-state index in [0.29, 0.717) is 28.6 Å². The van der Waals surface area contributed by atoms with Gasteiger partial charge in [-0.1, -0.05) is 151 Å². The summed E-state index contributed by atoms with van der Waals surface area (Å²) >= 11 is 0. The van der Waals surface area contributed by atoms with Gasteiger partial charge in [0, 0.05) is 39.1 Å². The fourth-order valence-electron chi connectivity index (χ4n) is 7.86. The summed E-state index contributed by atoms with van der Waals surface area (Å²) in [7, 11) is 0. The maximum Gasteiger partial charge on any atom is 0.166 e. The van der Waals surface area contributed by atoms with Gasteiger partial charge in [-0.15, -0.1) is 0 Å². The van der Waals surface area contributed by atoms with Crippen LogP contribution < -0.4 is 0 Å². The van der Waals surface area contributed by atoms with Crippen LogP contribution in [0, 0.1) is 25.5 Å². The highest BCUT2D eigenvalue weighted by Gasteiger charge is 2.22. The van der Waals surface area contributed by atoms with E-state index in [0.717, 1.165) is 66.9 Å². The lowest BCUT2D eigenvalue weighted by atomic mass is 10.00. The van der Waals surface area contributed by atoms with Crippen LogP contribution in [-0.4, -0.2) is 19.5 Å². The molecule has 59 heavy (non-hydrogen) atoms. The number of halogens is 2. The SMILES string of the molecule is Cc1ccc(-c2ccc3c4ccc(-c5ccc(C)cc5)cc4n(-c4ccc(-c5ccc(F)cc5F)cc4-c4nc(-c5ccccc5)nc(-c5ccccc5)n4)c3c2)cc1. The van der Waals surface area contributed by atoms with Crippen LogP contribution in [-0.2, 0) is 0 Å². The van der Waals surface area contributed by atoms with E-state index >= 15 is 4.39 Å². The predicted molar refractivity (Wildman–Crippen MR) is 236 cm³/mol. The number of hydrogen-bond donors (Lipinski definition) is 0. The molecule has 0 radical (unpaired) electrons. The number of fused-ring (bicyclic) bond motifs is 3. The molecule has 0 fully saturated rings. The van der Waals surface area contributed by atoms with Gasteiger partial charge in [-0.25, -0.2) is 23.7 Å². The van der Waals surface area contributed by atoms with E-state index in [9.17, 15) is 4.39 Å². The number of rotatable bonds is 7. The van der Waals surface area contributed by atoms with E-state index in [2.05, 4.69) is 103 Å². The van der Waals surface area contributed by atoms with Gasteiger partial charge >= 0.3 is 0 Å². The molecule has 4 nitrogen and oxygen atoms in total. The van der Waals surface area contributed by atoms with E-state index in [1.54, 1.807) is 0 Å². The molecule has 2 heterocycles. The zero-order chi connectivity index (χ0) is 40.0. The molecule has 0 bridgehead atoms. The van der Waals surface area contributed by atoms with Crippen LogP contribution in [0.4, 0.5) is 8.78 Å². The average Bonchev–Trinajstić information content (AvgIpc) is 3.60. The molecule has 0 atom stereocenters. The molecule has 8 aromatic carbocycles. The van der Waals surface area contributed by atoms with Gasteiger partial charge in [0.2, 0.25) is 0 Å². The van der Waals surface area contributed by atoms with Gasteiger partial charge in [0.25, 0.3) is 0 Å². The largest absolute Gasteiger partial charge is 0.308 e. The monoisotopic (exact) mass is 766 g/mol. The molecule has 0 aliphatic rings. The minimum absolute atomic E-state index is 0.269. The van der Waals surface area contributed by atoms with Gasteiger partial charge in [0.1, 0.15) is 11.6 Å². The van der Waals surface area contributed by atoms with Gasteiger partial charge in [-0.05, 0) is 78.1 Å². The lowest BCUT2D eigenvalue weighted by molar-refractivity contribution is 0.585. The van der Waals surface area contributed by atoms with Crippen molar-refractivity contribution in [1.82, 2.24) is 19.5 Å². The third-order valence-electron chi connectivity index (χ3n) is 11.0. The Balaban J connectivity index is 1.30. The molecule has 6 heteroatoms. The standard InChI is InChI=1S/C53H36F2N4/c1-33-13-17-35(18-14-33)39-21-25-44-45-26-22-40(36-19-15-34(2)16-20-36)31-50(45)59(49(44)30-39)48-28-23-41(43-27-24-42(54)32-47(43)55)29-46(48)53-57-51(37-9-5-3-6-10-37)56-52(58-53)38-11-7-4-8-12-38/h3-32H,1-2H3. The number of hydrogen-bond acceptors (Lipinski definition) is 3. The van der Waals surface area contributed by atoms with Crippen LogP contribution in [0.2, 0.25) is 0 Å². The Morgan fingerprint density at radius 3 is 1.36 bits per heavy atom. The van der Waals surface area contributed by atoms with E-state index < -0.39 is 11.6 Å². The molecule has 0 spiro atoms. The first-order valence-electron chi connectivity index (χ1n) is 19.6. The molecule has 0 N–H and O–H groups in total. The molecule has 0 aliphatic heterocycles. The molecular formula is C53H36F2N4. The molecule has 0 saturated carbocycles. The number of aromatic nitrogens is 4. The smallest absolute Gasteiger partial charge is 0.166 e. The van der Waals surface area contributed by atoms with Crippen molar-refractivity contribution in [3.63, 3.8) is 0 Å². The van der Waals surface area contributed by atoms with Crippen molar-refractivity contribution in [3.05, 3.63) is 205 Å². The Morgan fingerprint density at radius 1 is 0.373 bits per heavy atom. The molecule has 0 saturated heterocycles. The first-order valence-corrected chi connectivity index (χ1v) is 19.6. The summed E-state index contributed by atoms with van der Waals surface area (Å²) in [6, 6.07) is 59.5. The van der Waals surface area contributed by atoms with E-state index in [1.165, 1.54) is 23.3 Å². The van der Waals surface area contributed by atoms with Crippen molar-refractivity contribution in [1.29, 1.82) is 0 Å². The third kappa shape index (κ3) is 6.74. The first-order chi connectivity index (χ1) is 28.9. The lowest BCUT2D eigenvalue weighted by Crippen LogP contribution is -2.04. The summed E-state index contributed by atoms with van der Waals surface area (Å²) in [4.78, 5) is 15.3. The van der Waals surface area contributed by atoms with E-state index in [1.807, 2.05) is 78.9 Å². The molecule has 0 unspecified atom stereocenters. The Hall–Kier alpha value is -7.57. The highest BCUT2D eigenvalue weighted by atomic mass is 19.1. The lowest BCUT2D eigenvalue weighted by Gasteiger charge is -2.17. The normalized spacial score (nSPS) is 11.4. The van der Waals surface area contributed by atoms with Crippen LogP contribution in [0.25, 0.3) is 95.0 Å². The van der Waals surface area contributed by atoms with Gasteiger partial charge in [0.05, 0.1) is 16.7 Å². The van der Waals surface area contributed by atoms with Crippen LogP contribution in [0.3, 0.4) is 0 Å². The van der Waals surface area contributed by atoms with Crippen molar-refractivity contribution < 1.29 is 8.78 Å². The maximum atomic E-state index is 15.6. The molecular weight excluding hydrogens is 731 g/mol. The van der Waals surface area contributed by atoms with Crippen molar-refractivity contribution in [2.24, 2.45) is 0 Å².